The van der Waals surface area contributed by atoms with Gasteiger partial charge in [-0.3, -0.25) is 9.59 Å². The Morgan fingerprint density at radius 3 is 2.69 bits per heavy atom. The van der Waals surface area contributed by atoms with Gasteiger partial charge in [0.15, 0.2) is 0 Å². The van der Waals surface area contributed by atoms with Crippen molar-refractivity contribution in [2.75, 3.05) is 22.1 Å². The van der Waals surface area contributed by atoms with Gasteiger partial charge in [0, 0.05) is 50.5 Å². The molecule has 1 aliphatic heterocycles. The third-order valence-electron chi connectivity index (χ3n) is 6.24. The van der Waals surface area contributed by atoms with E-state index in [2.05, 4.69) is 49.4 Å². The van der Waals surface area contributed by atoms with Crippen molar-refractivity contribution in [3.8, 4) is 0 Å². The standard InChI is InChI=1S/C26H27N7O2/c1-32-11-9-18-12-17(5-7-22(18)32)14-28-21-13-24(30-16-20(21)26(27)35)31-23-8-6-19(15-29-23)33-10-3-2-4-25(33)34/h5-9,11-13,15-16H,2-4,10,14H2,1H3,(H2,27,35)(H2,28,29,30,31). The average Bonchev–Trinajstić information content (AvgIpc) is 3.23. The summed E-state index contributed by atoms with van der Waals surface area (Å²) < 4.78 is 2.07. The van der Waals surface area contributed by atoms with E-state index >= 15 is 0 Å². The average molecular weight is 470 g/mol. The van der Waals surface area contributed by atoms with E-state index in [1.54, 1.807) is 17.2 Å². The molecule has 4 heterocycles. The maximum atomic E-state index is 12.2. The molecule has 4 aromatic rings. The molecule has 1 aromatic carbocycles. The minimum atomic E-state index is -0.557. The summed E-state index contributed by atoms with van der Waals surface area (Å²) in [6.45, 7) is 1.24. The van der Waals surface area contributed by atoms with Crippen molar-refractivity contribution >= 4 is 45.7 Å². The van der Waals surface area contributed by atoms with Crippen LogP contribution < -0.4 is 21.3 Å². The molecule has 1 saturated heterocycles. The van der Waals surface area contributed by atoms with Crippen LogP contribution in [-0.4, -0.2) is 32.9 Å². The van der Waals surface area contributed by atoms with Gasteiger partial charge in [-0.15, -0.1) is 0 Å². The molecule has 4 N–H and O–H groups in total. The molecule has 1 fully saturated rings. The zero-order valence-electron chi connectivity index (χ0n) is 19.5. The van der Waals surface area contributed by atoms with Crippen molar-refractivity contribution < 1.29 is 9.59 Å². The van der Waals surface area contributed by atoms with Crippen molar-refractivity contribution in [3.05, 3.63) is 72.2 Å². The van der Waals surface area contributed by atoms with Crippen LogP contribution in [0.15, 0.2) is 61.1 Å². The predicted octanol–water partition coefficient (Wildman–Crippen LogP) is 3.94. The van der Waals surface area contributed by atoms with Crippen LogP contribution in [0, 0.1) is 0 Å². The van der Waals surface area contributed by atoms with Gasteiger partial charge in [-0.05, 0) is 54.1 Å². The fourth-order valence-corrected chi connectivity index (χ4v) is 4.33. The summed E-state index contributed by atoms with van der Waals surface area (Å²) in [7, 11) is 2.01. The number of primary amides is 1. The fraction of sp³-hybridized carbons (Fsp3) is 0.231. The van der Waals surface area contributed by atoms with Crippen LogP contribution in [0.1, 0.15) is 35.2 Å². The molecule has 0 aliphatic carbocycles. The molecular weight excluding hydrogens is 442 g/mol. The van der Waals surface area contributed by atoms with Gasteiger partial charge in [-0.25, -0.2) is 9.97 Å². The zero-order chi connectivity index (χ0) is 24.4. The molecule has 5 rings (SSSR count). The number of carbonyl (C=O) groups excluding carboxylic acids is 2. The molecule has 178 valence electrons. The molecule has 1 aliphatic rings. The summed E-state index contributed by atoms with van der Waals surface area (Å²) in [5.74, 6) is 0.673. The Morgan fingerprint density at radius 1 is 1.06 bits per heavy atom. The van der Waals surface area contributed by atoms with Gasteiger partial charge in [0.2, 0.25) is 5.91 Å². The van der Waals surface area contributed by atoms with Crippen LogP contribution in [0.25, 0.3) is 10.9 Å². The molecule has 3 aromatic heterocycles. The predicted molar refractivity (Wildman–Crippen MR) is 137 cm³/mol. The summed E-state index contributed by atoms with van der Waals surface area (Å²) in [4.78, 5) is 34.6. The van der Waals surface area contributed by atoms with Gasteiger partial charge in [-0.2, -0.15) is 0 Å². The second-order valence-corrected chi connectivity index (χ2v) is 8.68. The molecule has 0 atom stereocenters. The number of amides is 2. The number of nitrogens with one attached hydrogen (secondary N) is 2. The van der Waals surface area contributed by atoms with Crippen LogP contribution in [0.4, 0.5) is 23.0 Å². The van der Waals surface area contributed by atoms with Gasteiger partial charge in [0.25, 0.3) is 5.91 Å². The molecule has 2 amide bonds. The summed E-state index contributed by atoms with van der Waals surface area (Å²) in [5.41, 5.74) is 9.49. The maximum absolute atomic E-state index is 12.2. The minimum Gasteiger partial charge on any atom is -0.380 e. The monoisotopic (exact) mass is 469 g/mol. The maximum Gasteiger partial charge on any atom is 0.252 e. The van der Waals surface area contributed by atoms with E-state index in [-0.39, 0.29) is 5.91 Å². The third-order valence-corrected chi connectivity index (χ3v) is 6.24. The highest BCUT2D eigenvalue weighted by molar-refractivity contribution is 5.98. The number of pyridine rings is 2. The minimum absolute atomic E-state index is 0.129. The van der Waals surface area contributed by atoms with Crippen LogP contribution in [0.3, 0.4) is 0 Å². The van der Waals surface area contributed by atoms with E-state index < -0.39 is 5.91 Å². The number of nitrogens with zero attached hydrogens (tertiary/aromatic N) is 4. The molecule has 0 bridgehead atoms. The number of carbonyl (C=O) groups is 2. The smallest absolute Gasteiger partial charge is 0.252 e. The van der Waals surface area contributed by atoms with E-state index in [1.807, 2.05) is 25.4 Å². The van der Waals surface area contributed by atoms with Gasteiger partial charge in [0.1, 0.15) is 11.6 Å². The van der Waals surface area contributed by atoms with Crippen molar-refractivity contribution in [2.45, 2.75) is 25.8 Å². The first-order valence-corrected chi connectivity index (χ1v) is 11.6. The van der Waals surface area contributed by atoms with E-state index in [0.29, 0.717) is 35.9 Å². The molecule has 9 heteroatoms. The molecule has 0 spiro atoms. The Bertz CT molecular complexity index is 1390. The number of nitrogens with two attached hydrogens (primary N) is 1. The molecule has 0 saturated carbocycles. The van der Waals surface area contributed by atoms with Crippen LogP contribution >= 0.6 is 0 Å². The quantitative estimate of drug-likeness (QED) is 0.377. The summed E-state index contributed by atoms with van der Waals surface area (Å²) in [6.07, 6.45) is 7.67. The first-order chi connectivity index (χ1) is 17.0. The molecule has 0 radical (unpaired) electrons. The lowest BCUT2D eigenvalue weighted by molar-refractivity contribution is -0.119. The van der Waals surface area contributed by atoms with Crippen molar-refractivity contribution in [1.29, 1.82) is 0 Å². The number of benzene rings is 1. The fourth-order valence-electron chi connectivity index (χ4n) is 4.33. The second kappa shape index (κ2) is 9.46. The number of aromatic nitrogens is 3. The Morgan fingerprint density at radius 2 is 1.91 bits per heavy atom. The number of hydrogen-bond donors (Lipinski definition) is 3. The van der Waals surface area contributed by atoms with Gasteiger partial charge in [0.05, 0.1) is 23.1 Å². The lowest BCUT2D eigenvalue weighted by Crippen LogP contribution is -2.35. The Hall–Kier alpha value is -4.40. The second-order valence-electron chi connectivity index (χ2n) is 8.68. The van der Waals surface area contributed by atoms with Crippen LogP contribution in [0.2, 0.25) is 0 Å². The van der Waals surface area contributed by atoms with Crippen molar-refractivity contribution in [2.24, 2.45) is 12.8 Å². The number of anilines is 4. The van der Waals surface area contributed by atoms with E-state index in [0.717, 1.165) is 41.5 Å². The molecule has 35 heavy (non-hydrogen) atoms. The molecule has 0 unspecified atom stereocenters. The number of fused-ring (bicyclic) bond motifs is 1. The summed E-state index contributed by atoms with van der Waals surface area (Å²) in [6, 6.07) is 13.7. The Kier molecular flexibility index (Phi) is 6.05. The highest BCUT2D eigenvalue weighted by atomic mass is 16.2. The first kappa shape index (κ1) is 22.4. The topological polar surface area (TPSA) is 118 Å². The largest absolute Gasteiger partial charge is 0.380 e. The van der Waals surface area contributed by atoms with Gasteiger partial charge < -0.3 is 25.8 Å². The summed E-state index contributed by atoms with van der Waals surface area (Å²) >= 11 is 0. The highest BCUT2D eigenvalue weighted by Crippen LogP contribution is 2.25. The van der Waals surface area contributed by atoms with Crippen molar-refractivity contribution in [3.63, 3.8) is 0 Å². The Balaban J connectivity index is 1.31. The van der Waals surface area contributed by atoms with Gasteiger partial charge in [-0.1, -0.05) is 6.07 Å². The normalized spacial score (nSPS) is 13.7. The van der Waals surface area contributed by atoms with Gasteiger partial charge >= 0.3 is 0 Å². The van der Waals surface area contributed by atoms with E-state index in [4.69, 9.17) is 5.73 Å². The number of piperidine rings is 1. The first-order valence-electron chi connectivity index (χ1n) is 11.6. The highest BCUT2D eigenvalue weighted by Gasteiger charge is 2.19. The zero-order valence-corrected chi connectivity index (χ0v) is 19.5. The third kappa shape index (κ3) is 4.79. The summed E-state index contributed by atoms with van der Waals surface area (Å²) in [5, 5.41) is 7.62. The molecule has 9 nitrogen and oxygen atoms in total. The lowest BCUT2D eigenvalue weighted by Gasteiger charge is -2.26. The Labute approximate surface area is 203 Å². The molecular formula is C26H27N7O2. The van der Waals surface area contributed by atoms with E-state index in [9.17, 15) is 9.59 Å². The van der Waals surface area contributed by atoms with Crippen LogP contribution in [0.5, 0.6) is 0 Å². The van der Waals surface area contributed by atoms with E-state index in [1.165, 1.54) is 6.20 Å². The number of rotatable bonds is 7. The lowest BCUT2D eigenvalue weighted by atomic mass is 10.1. The number of hydrogen-bond acceptors (Lipinski definition) is 6. The van der Waals surface area contributed by atoms with Crippen LogP contribution in [-0.2, 0) is 18.4 Å². The number of aryl methyl sites for hydroxylation is 1. The SMILES string of the molecule is Cn1ccc2cc(CNc3cc(Nc4ccc(N5CCCCC5=O)cn4)ncc3C(N)=O)ccc21. The van der Waals surface area contributed by atoms with Crippen molar-refractivity contribution in [1.82, 2.24) is 14.5 Å².